The van der Waals surface area contributed by atoms with Crippen LogP contribution in [-0.4, -0.2) is 26.8 Å². The Morgan fingerprint density at radius 2 is 2.37 bits per heavy atom. The molecule has 1 aromatic heterocycles. The van der Waals surface area contributed by atoms with E-state index in [9.17, 15) is 0 Å². The van der Waals surface area contributed by atoms with E-state index in [1.54, 1.807) is 4.68 Å². The first-order valence-electron chi connectivity index (χ1n) is 5.92. The largest absolute Gasteiger partial charge is 0.488 e. The standard InChI is InChI=1S/C14H12N4O/c1-3-6-18-14(15-16-17-18)12-8-11-7-10(2)4-5-13(11)19-9-12/h1,4-5,7-8H,6,9H2,2H3. The summed E-state index contributed by atoms with van der Waals surface area (Å²) in [7, 11) is 0. The number of ether oxygens (including phenoxy) is 1. The first-order valence-corrected chi connectivity index (χ1v) is 5.92. The second-order valence-electron chi connectivity index (χ2n) is 4.36. The van der Waals surface area contributed by atoms with Crippen molar-refractivity contribution in [1.82, 2.24) is 20.2 Å². The maximum absolute atomic E-state index is 5.72. The normalized spacial score (nSPS) is 13.2. The molecule has 5 nitrogen and oxygen atoms in total. The molecule has 0 unspecified atom stereocenters. The van der Waals surface area contributed by atoms with Gasteiger partial charge in [0.2, 0.25) is 0 Å². The summed E-state index contributed by atoms with van der Waals surface area (Å²) in [4.78, 5) is 0. The van der Waals surface area contributed by atoms with Gasteiger partial charge in [-0.25, -0.2) is 4.68 Å². The lowest BCUT2D eigenvalue weighted by Crippen LogP contribution is -2.12. The maximum atomic E-state index is 5.72. The zero-order valence-corrected chi connectivity index (χ0v) is 10.5. The molecule has 0 radical (unpaired) electrons. The van der Waals surface area contributed by atoms with Gasteiger partial charge in [-0.2, -0.15) is 0 Å². The Morgan fingerprint density at radius 1 is 1.47 bits per heavy atom. The van der Waals surface area contributed by atoms with Gasteiger partial charge in [-0.05, 0) is 35.6 Å². The molecule has 0 amide bonds. The number of tetrazole rings is 1. The first-order chi connectivity index (χ1) is 9.28. The highest BCUT2D eigenvalue weighted by molar-refractivity contribution is 5.83. The van der Waals surface area contributed by atoms with Gasteiger partial charge in [0.25, 0.3) is 0 Å². The molecule has 0 spiro atoms. The van der Waals surface area contributed by atoms with E-state index in [1.807, 2.05) is 25.1 Å². The van der Waals surface area contributed by atoms with Crippen LogP contribution in [0.1, 0.15) is 17.0 Å². The average molecular weight is 252 g/mol. The number of rotatable bonds is 2. The molecule has 0 bridgehead atoms. The first kappa shape index (κ1) is 11.5. The zero-order chi connectivity index (χ0) is 13.2. The summed E-state index contributed by atoms with van der Waals surface area (Å²) in [5.74, 6) is 4.07. The quantitative estimate of drug-likeness (QED) is 0.761. The summed E-state index contributed by atoms with van der Waals surface area (Å²) in [6.45, 7) is 2.84. The van der Waals surface area contributed by atoms with Gasteiger partial charge in [-0.15, -0.1) is 11.5 Å². The number of terminal acetylenes is 1. The number of benzene rings is 1. The molecular weight excluding hydrogens is 240 g/mol. The highest BCUT2D eigenvalue weighted by atomic mass is 16.5. The Bertz CT molecular complexity index is 694. The van der Waals surface area contributed by atoms with E-state index in [0.717, 1.165) is 16.9 Å². The highest BCUT2D eigenvalue weighted by Crippen LogP contribution is 2.30. The Balaban J connectivity index is 2.03. The molecule has 0 saturated carbocycles. The van der Waals surface area contributed by atoms with Crippen molar-refractivity contribution < 1.29 is 4.74 Å². The predicted molar refractivity (Wildman–Crippen MR) is 71.2 cm³/mol. The molecular formula is C14H12N4O. The summed E-state index contributed by atoms with van der Waals surface area (Å²) in [6, 6.07) is 6.08. The fourth-order valence-corrected chi connectivity index (χ4v) is 2.05. The summed E-state index contributed by atoms with van der Waals surface area (Å²) in [5, 5.41) is 11.5. The van der Waals surface area contributed by atoms with Gasteiger partial charge in [-0.3, -0.25) is 0 Å². The molecule has 0 aliphatic carbocycles. The minimum absolute atomic E-state index is 0.348. The van der Waals surface area contributed by atoms with Crippen molar-refractivity contribution >= 4 is 11.6 Å². The van der Waals surface area contributed by atoms with Crippen LogP contribution in [0.25, 0.3) is 11.6 Å². The van der Waals surface area contributed by atoms with Crippen molar-refractivity contribution in [3.05, 3.63) is 35.2 Å². The molecule has 0 N–H and O–H groups in total. The molecule has 1 aromatic carbocycles. The summed E-state index contributed by atoms with van der Waals surface area (Å²) in [6.07, 6.45) is 7.34. The molecule has 0 fully saturated rings. The van der Waals surface area contributed by atoms with Crippen LogP contribution in [0.2, 0.25) is 0 Å². The molecule has 94 valence electrons. The van der Waals surface area contributed by atoms with Crippen molar-refractivity contribution in [1.29, 1.82) is 0 Å². The second-order valence-corrected chi connectivity index (χ2v) is 4.36. The molecule has 0 saturated heterocycles. The van der Waals surface area contributed by atoms with Gasteiger partial charge >= 0.3 is 0 Å². The molecule has 2 heterocycles. The van der Waals surface area contributed by atoms with Crippen LogP contribution in [0.3, 0.4) is 0 Å². The maximum Gasteiger partial charge on any atom is 0.182 e. The number of nitrogens with zero attached hydrogens (tertiary/aromatic N) is 4. The van der Waals surface area contributed by atoms with Gasteiger partial charge in [0.05, 0.1) is 0 Å². The lowest BCUT2D eigenvalue weighted by Gasteiger charge is -2.17. The van der Waals surface area contributed by atoms with Gasteiger partial charge in [0, 0.05) is 11.1 Å². The van der Waals surface area contributed by atoms with E-state index >= 15 is 0 Å². The molecule has 1 aliphatic rings. The van der Waals surface area contributed by atoms with Crippen LogP contribution in [0.15, 0.2) is 18.2 Å². The van der Waals surface area contributed by atoms with Gasteiger partial charge in [0.15, 0.2) is 5.82 Å². The van der Waals surface area contributed by atoms with Crippen LogP contribution in [0.4, 0.5) is 0 Å². The van der Waals surface area contributed by atoms with Crippen molar-refractivity contribution in [2.45, 2.75) is 13.5 Å². The fraction of sp³-hybridized carbons (Fsp3) is 0.214. The summed E-state index contributed by atoms with van der Waals surface area (Å²) >= 11 is 0. The van der Waals surface area contributed by atoms with Gasteiger partial charge in [-0.1, -0.05) is 17.6 Å². The second kappa shape index (κ2) is 4.58. The van der Waals surface area contributed by atoms with Crippen LogP contribution in [0.5, 0.6) is 5.75 Å². The monoisotopic (exact) mass is 252 g/mol. The predicted octanol–water partition coefficient (Wildman–Crippen LogP) is 1.55. The minimum atomic E-state index is 0.348. The minimum Gasteiger partial charge on any atom is -0.488 e. The Morgan fingerprint density at radius 3 is 3.21 bits per heavy atom. The Kier molecular flexibility index (Phi) is 2.76. The number of fused-ring (bicyclic) bond motifs is 1. The SMILES string of the molecule is C#CCn1nnnc1C1=Cc2cc(C)ccc2OC1. The number of hydrogen-bond acceptors (Lipinski definition) is 4. The average Bonchev–Trinajstić information content (AvgIpc) is 2.86. The smallest absolute Gasteiger partial charge is 0.182 e. The van der Waals surface area contributed by atoms with Crippen molar-refractivity contribution in [2.75, 3.05) is 6.61 Å². The lowest BCUT2D eigenvalue weighted by molar-refractivity contribution is 0.364. The van der Waals surface area contributed by atoms with E-state index in [0.29, 0.717) is 19.0 Å². The van der Waals surface area contributed by atoms with E-state index in [1.165, 1.54) is 5.56 Å². The zero-order valence-electron chi connectivity index (χ0n) is 10.5. The third-order valence-corrected chi connectivity index (χ3v) is 2.94. The summed E-state index contributed by atoms with van der Waals surface area (Å²) < 4.78 is 7.31. The molecule has 19 heavy (non-hydrogen) atoms. The number of aryl methyl sites for hydroxylation is 1. The van der Waals surface area contributed by atoms with Gasteiger partial charge < -0.3 is 4.74 Å². The fourth-order valence-electron chi connectivity index (χ4n) is 2.05. The van der Waals surface area contributed by atoms with Crippen LogP contribution < -0.4 is 4.74 Å². The molecule has 2 aromatic rings. The molecule has 3 rings (SSSR count). The van der Waals surface area contributed by atoms with E-state index < -0.39 is 0 Å². The van der Waals surface area contributed by atoms with Gasteiger partial charge in [0.1, 0.15) is 18.9 Å². The third-order valence-electron chi connectivity index (χ3n) is 2.94. The highest BCUT2D eigenvalue weighted by Gasteiger charge is 2.17. The van der Waals surface area contributed by atoms with Crippen LogP contribution >= 0.6 is 0 Å². The molecule has 5 heteroatoms. The van der Waals surface area contributed by atoms with Crippen molar-refractivity contribution in [2.24, 2.45) is 0 Å². The van der Waals surface area contributed by atoms with Crippen LogP contribution in [0, 0.1) is 19.3 Å². The topological polar surface area (TPSA) is 52.8 Å². The molecule has 0 atom stereocenters. The number of aromatic nitrogens is 4. The van der Waals surface area contributed by atoms with Crippen molar-refractivity contribution in [3.8, 4) is 18.1 Å². The molecule has 1 aliphatic heterocycles. The van der Waals surface area contributed by atoms with E-state index in [-0.39, 0.29) is 0 Å². The van der Waals surface area contributed by atoms with E-state index in [4.69, 9.17) is 11.2 Å². The Hall–Kier alpha value is -2.61. The Labute approximate surface area is 110 Å². The van der Waals surface area contributed by atoms with E-state index in [2.05, 4.69) is 27.5 Å². The van der Waals surface area contributed by atoms with Crippen LogP contribution in [-0.2, 0) is 6.54 Å². The number of hydrogen-bond donors (Lipinski definition) is 0. The lowest BCUT2D eigenvalue weighted by atomic mass is 10.0. The third kappa shape index (κ3) is 2.08. The van der Waals surface area contributed by atoms with Crippen molar-refractivity contribution in [3.63, 3.8) is 0 Å². The summed E-state index contributed by atoms with van der Waals surface area (Å²) in [5.41, 5.74) is 3.15.